The second-order valence-corrected chi connectivity index (χ2v) is 11.5. The highest BCUT2D eigenvalue weighted by Gasteiger charge is 2.40. The van der Waals surface area contributed by atoms with Gasteiger partial charge in [-0.1, -0.05) is 38.5 Å². The largest absolute Gasteiger partial charge is 0.390 e. The van der Waals surface area contributed by atoms with Crippen LogP contribution >= 0.6 is 0 Å². The fourth-order valence-corrected chi connectivity index (χ4v) is 5.22. The Kier molecular flexibility index (Phi) is 10.0. The number of aliphatic hydroxyl groups is 1. The van der Waals surface area contributed by atoms with Gasteiger partial charge in [-0.15, -0.1) is 0 Å². The second-order valence-electron chi connectivity index (χ2n) is 11.5. The van der Waals surface area contributed by atoms with Gasteiger partial charge in [0.05, 0.1) is 17.3 Å². The number of allylic oxidation sites excluding steroid dienone is 3. The fraction of sp³-hybridized carbons (Fsp3) is 0.821. The normalized spacial score (nSPS) is 31.4. The lowest BCUT2D eigenvalue weighted by atomic mass is 9.74. The van der Waals surface area contributed by atoms with Crippen LogP contribution in [-0.4, -0.2) is 28.3 Å². The van der Waals surface area contributed by atoms with E-state index in [2.05, 4.69) is 39.8 Å². The molecule has 0 aromatic carbocycles. The lowest BCUT2D eigenvalue weighted by Crippen LogP contribution is -2.44. The van der Waals surface area contributed by atoms with Gasteiger partial charge in [0, 0.05) is 5.92 Å². The summed E-state index contributed by atoms with van der Waals surface area (Å²) in [5, 5.41) is 10.6. The Morgan fingerprint density at radius 1 is 1.38 bits per heavy atom. The molecule has 0 radical (unpaired) electrons. The van der Waals surface area contributed by atoms with E-state index in [1.54, 1.807) is 0 Å². The van der Waals surface area contributed by atoms with Crippen LogP contribution in [0.15, 0.2) is 23.3 Å². The maximum Gasteiger partial charge on any atom is 0.220 e. The number of carbonyl (C=O) groups excluding carboxylic acids is 1. The van der Waals surface area contributed by atoms with E-state index < -0.39 is 5.60 Å². The van der Waals surface area contributed by atoms with Crippen LogP contribution in [0.5, 0.6) is 0 Å². The molecule has 0 aromatic rings. The number of hydrogen-bond acceptors (Lipinski definition) is 3. The third kappa shape index (κ3) is 8.33. The van der Waals surface area contributed by atoms with E-state index in [0.717, 1.165) is 57.8 Å². The Hall–Kier alpha value is -1.13. The van der Waals surface area contributed by atoms with Gasteiger partial charge >= 0.3 is 0 Å². The molecule has 4 heteroatoms. The van der Waals surface area contributed by atoms with Crippen molar-refractivity contribution in [2.75, 3.05) is 0 Å². The maximum atomic E-state index is 11.1. The molecule has 0 saturated carbocycles. The number of carbonyl (C=O) groups is 1. The van der Waals surface area contributed by atoms with Gasteiger partial charge in [-0.05, 0) is 109 Å². The van der Waals surface area contributed by atoms with Crippen LogP contribution in [0, 0.1) is 17.8 Å². The predicted octanol–water partition coefficient (Wildman–Crippen LogP) is 6.47. The van der Waals surface area contributed by atoms with Crippen molar-refractivity contribution in [2.45, 2.75) is 129 Å². The molecule has 32 heavy (non-hydrogen) atoms. The van der Waals surface area contributed by atoms with E-state index in [1.165, 1.54) is 24.0 Å². The Labute approximate surface area is 197 Å². The van der Waals surface area contributed by atoms with Crippen LogP contribution in [0.2, 0.25) is 0 Å². The van der Waals surface area contributed by atoms with Crippen LogP contribution in [0.3, 0.4) is 0 Å². The van der Waals surface area contributed by atoms with Gasteiger partial charge in [0.25, 0.3) is 0 Å². The highest BCUT2D eigenvalue weighted by Crippen LogP contribution is 2.43. The number of amides is 1. The summed E-state index contributed by atoms with van der Waals surface area (Å²) < 4.78 is 6.68. The SMILES string of the molecule is C/C(=C\CCC1(C)CCC2=CCC(C)C(C)C2O1)CCCC(C)(O)CCCC(C)C(N)=O. The summed E-state index contributed by atoms with van der Waals surface area (Å²) in [4.78, 5) is 11.1. The van der Waals surface area contributed by atoms with Crippen LogP contribution in [0.25, 0.3) is 0 Å². The summed E-state index contributed by atoms with van der Waals surface area (Å²) in [6.07, 6.45) is 15.9. The van der Waals surface area contributed by atoms with Crippen molar-refractivity contribution in [3.63, 3.8) is 0 Å². The summed E-state index contributed by atoms with van der Waals surface area (Å²) in [5.41, 5.74) is 7.58. The maximum absolute atomic E-state index is 11.1. The quantitative estimate of drug-likeness (QED) is 0.337. The molecule has 1 fully saturated rings. The molecule has 6 atom stereocenters. The van der Waals surface area contributed by atoms with Crippen LogP contribution in [0.4, 0.5) is 0 Å². The molecule has 0 bridgehead atoms. The number of fused-ring (bicyclic) bond motifs is 1. The van der Waals surface area contributed by atoms with Gasteiger partial charge in [-0.25, -0.2) is 0 Å². The molecule has 0 aromatic heterocycles. The van der Waals surface area contributed by atoms with Crippen LogP contribution in [-0.2, 0) is 9.53 Å². The zero-order chi connectivity index (χ0) is 23.9. The van der Waals surface area contributed by atoms with Gasteiger partial charge in [0.15, 0.2) is 0 Å². The zero-order valence-corrected chi connectivity index (χ0v) is 21.6. The highest BCUT2D eigenvalue weighted by atomic mass is 16.5. The first kappa shape index (κ1) is 27.1. The standard InChI is InChI=1S/C28H49NO3/c1-20(10-7-16-27(5,31)17-9-12-22(3)26(29)30)11-8-18-28(6)19-15-24-14-13-21(2)23(4)25(24)32-28/h11,14,21-23,25,31H,7-10,12-13,15-19H2,1-6H3,(H2,29,30)/b20-11+. The van der Waals surface area contributed by atoms with Crippen molar-refractivity contribution >= 4 is 5.91 Å². The van der Waals surface area contributed by atoms with Gasteiger partial charge in [0.1, 0.15) is 0 Å². The number of rotatable bonds is 12. The predicted molar refractivity (Wildman–Crippen MR) is 133 cm³/mol. The summed E-state index contributed by atoms with van der Waals surface area (Å²) in [7, 11) is 0. The summed E-state index contributed by atoms with van der Waals surface area (Å²) in [6, 6.07) is 0. The molecule has 0 spiro atoms. The van der Waals surface area contributed by atoms with Crippen molar-refractivity contribution in [1.29, 1.82) is 0 Å². The van der Waals surface area contributed by atoms with Crippen molar-refractivity contribution in [1.82, 2.24) is 0 Å². The van der Waals surface area contributed by atoms with E-state index in [1.807, 2.05) is 13.8 Å². The Balaban J connectivity index is 1.70. The summed E-state index contributed by atoms with van der Waals surface area (Å²) in [5.74, 6) is 0.951. The first-order valence-corrected chi connectivity index (χ1v) is 13.0. The molecule has 2 rings (SSSR count). The third-order valence-corrected chi connectivity index (χ3v) is 8.14. The Morgan fingerprint density at radius 3 is 2.75 bits per heavy atom. The Bertz CT molecular complexity index is 680. The fourth-order valence-electron chi connectivity index (χ4n) is 5.22. The molecule has 1 aliphatic heterocycles. The molecule has 3 N–H and O–H groups in total. The lowest BCUT2D eigenvalue weighted by molar-refractivity contribution is -0.123. The molecule has 184 valence electrons. The van der Waals surface area contributed by atoms with Crippen molar-refractivity contribution < 1.29 is 14.6 Å². The minimum Gasteiger partial charge on any atom is -0.390 e. The van der Waals surface area contributed by atoms with Gasteiger partial charge < -0.3 is 15.6 Å². The first-order valence-electron chi connectivity index (χ1n) is 13.0. The smallest absolute Gasteiger partial charge is 0.220 e. The van der Waals surface area contributed by atoms with Gasteiger partial charge in [-0.3, -0.25) is 4.79 Å². The molecule has 1 saturated heterocycles. The highest BCUT2D eigenvalue weighted by molar-refractivity contribution is 5.76. The average molecular weight is 448 g/mol. The van der Waals surface area contributed by atoms with Crippen molar-refractivity contribution in [3.8, 4) is 0 Å². The Morgan fingerprint density at radius 2 is 2.06 bits per heavy atom. The monoisotopic (exact) mass is 447 g/mol. The lowest BCUT2D eigenvalue weighted by Gasteiger charge is -2.46. The van der Waals surface area contributed by atoms with Gasteiger partial charge in [-0.2, -0.15) is 0 Å². The van der Waals surface area contributed by atoms with E-state index in [9.17, 15) is 9.90 Å². The number of primary amides is 1. The molecule has 4 nitrogen and oxygen atoms in total. The molecular weight excluding hydrogens is 398 g/mol. The molecule has 1 aliphatic carbocycles. The van der Waals surface area contributed by atoms with Crippen molar-refractivity contribution in [3.05, 3.63) is 23.3 Å². The van der Waals surface area contributed by atoms with E-state index >= 15 is 0 Å². The third-order valence-electron chi connectivity index (χ3n) is 8.14. The zero-order valence-electron chi connectivity index (χ0n) is 21.6. The second kappa shape index (κ2) is 11.8. The average Bonchev–Trinajstić information content (AvgIpc) is 2.70. The molecule has 2 aliphatic rings. The summed E-state index contributed by atoms with van der Waals surface area (Å²) >= 11 is 0. The molecule has 1 amide bonds. The molecule has 6 unspecified atom stereocenters. The van der Waals surface area contributed by atoms with Crippen LogP contribution in [0.1, 0.15) is 112 Å². The minimum atomic E-state index is -0.667. The topological polar surface area (TPSA) is 72.6 Å². The van der Waals surface area contributed by atoms with Crippen molar-refractivity contribution in [2.24, 2.45) is 23.5 Å². The first-order chi connectivity index (χ1) is 14.9. The number of hydrogen-bond donors (Lipinski definition) is 2. The number of nitrogens with two attached hydrogens (primary N) is 1. The van der Waals surface area contributed by atoms with E-state index in [-0.39, 0.29) is 17.4 Å². The van der Waals surface area contributed by atoms with E-state index in [0.29, 0.717) is 17.9 Å². The van der Waals surface area contributed by atoms with E-state index in [4.69, 9.17) is 10.5 Å². The number of ether oxygens (including phenoxy) is 1. The van der Waals surface area contributed by atoms with Crippen LogP contribution < -0.4 is 5.73 Å². The summed E-state index contributed by atoms with van der Waals surface area (Å²) in [6.45, 7) is 13.0. The molecule has 1 heterocycles. The molecular formula is C28H49NO3. The van der Waals surface area contributed by atoms with Gasteiger partial charge in [0.2, 0.25) is 5.91 Å². The minimum absolute atomic E-state index is 0.0180.